The number of hydrogen-bond acceptors (Lipinski definition) is 5. The van der Waals surface area contributed by atoms with E-state index in [4.69, 9.17) is 5.11 Å². The van der Waals surface area contributed by atoms with Gasteiger partial charge in [-0.2, -0.15) is 0 Å². The van der Waals surface area contributed by atoms with Crippen LogP contribution in [0.5, 0.6) is 0 Å². The van der Waals surface area contributed by atoms with Crippen LogP contribution in [0, 0.1) is 0 Å². The Labute approximate surface area is 85.5 Å². The van der Waals surface area contributed by atoms with Crippen molar-refractivity contribution in [1.82, 2.24) is 10.8 Å². The Morgan fingerprint density at radius 3 is 2.47 bits per heavy atom. The fourth-order valence-electron chi connectivity index (χ4n) is 1.03. The number of carbonyl (C=O) groups is 2. The zero-order valence-electron chi connectivity index (χ0n) is 7.60. The van der Waals surface area contributed by atoms with Crippen molar-refractivity contribution in [2.45, 2.75) is 6.04 Å². The van der Waals surface area contributed by atoms with E-state index in [1.807, 2.05) is 5.48 Å². The van der Waals surface area contributed by atoms with Crippen molar-refractivity contribution in [3.05, 3.63) is 0 Å². The van der Waals surface area contributed by atoms with Crippen LogP contribution < -0.4 is 10.8 Å². The Balaban J connectivity index is 2.12. The van der Waals surface area contributed by atoms with Gasteiger partial charge in [-0.05, 0) is 0 Å². The van der Waals surface area contributed by atoms with Gasteiger partial charge >= 0.3 is 12.0 Å². The van der Waals surface area contributed by atoms with Crippen LogP contribution in [0.25, 0.3) is 0 Å². The van der Waals surface area contributed by atoms with Crippen molar-refractivity contribution in [3.8, 4) is 0 Å². The predicted molar refractivity (Wildman–Crippen MR) is 47.7 cm³/mol. The van der Waals surface area contributed by atoms with E-state index in [2.05, 4.69) is 10.2 Å². The van der Waals surface area contributed by atoms with Crippen molar-refractivity contribution >= 4 is 21.8 Å². The number of hydrogen-bond donors (Lipinski definition) is 3. The Hall–Kier alpha value is -1.35. The Morgan fingerprint density at radius 2 is 2.00 bits per heavy atom. The highest BCUT2D eigenvalue weighted by molar-refractivity contribution is 7.92. The summed E-state index contributed by atoms with van der Waals surface area (Å²) in [4.78, 5) is 25.2. The van der Waals surface area contributed by atoms with Crippen LogP contribution in [0.15, 0.2) is 0 Å². The number of aliphatic carboxylic acids is 1. The average Bonchev–Trinajstić information content (AvgIpc) is 1.99. The summed E-state index contributed by atoms with van der Waals surface area (Å²) in [6.07, 6.45) is 0. The number of nitrogens with one attached hydrogen (secondary N) is 2. The van der Waals surface area contributed by atoms with Gasteiger partial charge in [0.05, 0.1) is 17.5 Å². The van der Waals surface area contributed by atoms with Crippen LogP contribution >= 0.6 is 0 Å². The van der Waals surface area contributed by atoms with Crippen molar-refractivity contribution in [1.29, 1.82) is 0 Å². The molecule has 1 fully saturated rings. The number of amides is 2. The standard InChI is InChI=1S/C6H10N2O6S/c9-5(10)1-14-8-6(11)7-4-2-15(12,13)3-4/h4H,1-3H2,(H,9,10)(H2,7,8,11). The van der Waals surface area contributed by atoms with Crippen molar-refractivity contribution in [2.75, 3.05) is 18.1 Å². The second kappa shape index (κ2) is 4.45. The molecular weight excluding hydrogens is 228 g/mol. The van der Waals surface area contributed by atoms with Gasteiger partial charge < -0.3 is 10.4 Å². The largest absolute Gasteiger partial charge is 0.479 e. The lowest BCUT2D eigenvalue weighted by Gasteiger charge is -2.26. The molecule has 0 aromatic rings. The summed E-state index contributed by atoms with van der Waals surface area (Å²) in [7, 11) is -2.99. The number of carbonyl (C=O) groups excluding carboxylic acids is 1. The summed E-state index contributed by atoms with van der Waals surface area (Å²) in [5, 5.41) is 10.5. The van der Waals surface area contributed by atoms with Gasteiger partial charge in [-0.1, -0.05) is 0 Å². The molecule has 0 unspecified atom stereocenters. The van der Waals surface area contributed by atoms with Crippen LogP contribution in [-0.4, -0.2) is 49.7 Å². The SMILES string of the molecule is O=C(O)CONC(=O)NC1CS(=O)(=O)C1. The number of hydroxylamine groups is 1. The quantitative estimate of drug-likeness (QED) is 0.492. The number of carboxylic acid groups (broad SMARTS) is 1. The maximum Gasteiger partial charge on any atom is 0.339 e. The Kier molecular flexibility index (Phi) is 3.48. The first-order chi connectivity index (χ1) is 6.89. The lowest BCUT2D eigenvalue weighted by Crippen LogP contribution is -2.55. The highest BCUT2D eigenvalue weighted by Crippen LogP contribution is 2.09. The number of rotatable bonds is 4. The highest BCUT2D eigenvalue weighted by atomic mass is 32.2. The third-order valence-corrected chi connectivity index (χ3v) is 3.43. The molecule has 1 aliphatic heterocycles. The minimum Gasteiger partial charge on any atom is -0.479 e. The molecule has 0 aliphatic carbocycles. The molecule has 2 amide bonds. The molecule has 1 heterocycles. The zero-order chi connectivity index (χ0) is 11.5. The molecule has 86 valence electrons. The molecule has 0 spiro atoms. The van der Waals surface area contributed by atoms with Gasteiger partial charge in [0.2, 0.25) is 0 Å². The second-order valence-electron chi connectivity index (χ2n) is 3.03. The van der Waals surface area contributed by atoms with E-state index < -0.39 is 34.5 Å². The smallest absolute Gasteiger partial charge is 0.339 e. The number of urea groups is 1. The minimum absolute atomic E-state index is 0.0979. The fraction of sp³-hybridized carbons (Fsp3) is 0.667. The average molecular weight is 238 g/mol. The zero-order valence-corrected chi connectivity index (χ0v) is 8.41. The molecule has 0 aromatic carbocycles. The number of sulfone groups is 1. The first kappa shape index (κ1) is 11.7. The molecule has 1 aliphatic rings. The van der Waals surface area contributed by atoms with E-state index >= 15 is 0 Å². The minimum atomic E-state index is -2.99. The van der Waals surface area contributed by atoms with E-state index in [-0.39, 0.29) is 11.5 Å². The van der Waals surface area contributed by atoms with E-state index in [1.165, 1.54) is 0 Å². The second-order valence-corrected chi connectivity index (χ2v) is 5.19. The first-order valence-electron chi connectivity index (χ1n) is 3.99. The molecule has 15 heavy (non-hydrogen) atoms. The maximum absolute atomic E-state index is 10.9. The lowest BCUT2D eigenvalue weighted by molar-refractivity contribution is -0.144. The van der Waals surface area contributed by atoms with Crippen molar-refractivity contribution in [2.24, 2.45) is 0 Å². The summed E-state index contributed by atoms with van der Waals surface area (Å²) in [6.45, 7) is -0.656. The summed E-state index contributed by atoms with van der Waals surface area (Å²) in [5.74, 6) is -1.42. The van der Waals surface area contributed by atoms with Gasteiger partial charge in [-0.25, -0.2) is 23.5 Å². The molecule has 8 nitrogen and oxygen atoms in total. The molecule has 0 atom stereocenters. The van der Waals surface area contributed by atoms with Crippen LogP contribution in [0.1, 0.15) is 0 Å². The Bertz CT molecular complexity index is 352. The monoisotopic (exact) mass is 238 g/mol. The summed E-state index contributed by atoms with van der Waals surface area (Å²) < 4.78 is 21.4. The van der Waals surface area contributed by atoms with E-state index in [9.17, 15) is 18.0 Å². The molecule has 0 bridgehead atoms. The van der Waals surface area contributed by atoms with Gasteiger partial charge in [0.25, 0.3) is 0 Å². The van der Waals surface area contributed by atoms with Crippen molar-refractivity contribution in [3.63, 3.8) is 0 Å². The van der Waals surface area contributed by atoms with E-state index in [0.717, 1.165) is 0 Å². The molecule has 9 heteroatoms. The van der Waals surface area contributed by atoms with Gasteiger partial charge in [0.1, 0.15) is 0 Å². The van der Waals surface area contributed by atoms with E-state index in [0.29, 0.717) is 0 Å². The summed E-state index contributed by atoms with van der Waals surface area (Å²) in [6, 6.07) is -1.18. The highest BCUT2D eigenvalue weighted by Gasteiger charge is 2.34. The normalized spacial score (nSPS) is 18.9. The summed E-state index contributed by atoms with van der Waals surface area (Å²) >= 11 is 0. The van der Waals surface area contributed by atoms with Gasteiger partial charge in [0, 0.05) is 0 Å². The topological polar surface area (TPSA) is 122 Å². The molecule has 0 radical (unpaired) electrons. The van der Waals surface area contributed by atoms with E-state index in [1.54, 1.807) is 0 Å². The van der Waals surface area contributed by atoms with Crippen molar-refractivity contribution < 1.29 is 28.0 Å². The molecule has 1 rings (SSSR count). The molecule has 3 N–H and O–H groups in total. The van der Waals surface area contributed by atoms with Crippen LogP contribution in [0.2, 0.25) is 0 Å². The van der Waals surface area contributed by atoms with Gasteiger partial charge in [-0.15, -0.1) is 0 Å². The molecule has 1 saturated heterocycles. The third-order valence-electron chi connectivity index (χ3n) is 1.61. The van der Waals surface area contributed by atoms with Crippen LogP contribution in [-0.2, 0) is 19.5 Å². The fourth-order valence-corrected chi connectivity index (χ4v) is 2.32. The predicted octanol–water partition coefficient (Wildman–Crippen LogP) is -1.90. The molecule has 0 aromatic heterocycles. The molecular formula is C6H10N2O6S. The van der Waals surface area contributed by atoms with Crippen LogP contribution in [0.4, 0.5) is 4.79 Å². The van der Waals surface area contributed by atoms with Crippen LogP contribution in [0.3, 0.4) is 0 Å². The van der Waals surface area contributed by atoms with Gasteiger partial charge in [-0.3, -0.25) is 4.84 Å². The first-order valence-corrected chi connectivity index (χ1v) is 5.82. The number of carboxylic acids is 1. The maximum atomic E-state index is 10.9. The summed E-state index contributed by atoms with van der Waals surface area (Å²) in [5.41, 5.74) is 1.81. The molecule has 0 saturated carbocycles. The Morgan fingerprint density at radius 1 is 1.40 bits per heavy atom. The third kappa shape index (κ3) is 4.13. The van der Waals surface area contributed by atoms with Gasteiger partial charge in [0.15, 0.2) is 16.4 Å². The lowest BCUT2D eigenvalue weighted by atomic mass is 10.4.